The summed E-state index contributed by atoms with van der Waals surface area (Å²) in [6.45, 7) is 0. The molecular formula is C66H46N4. The predicted octanol–water partition coefficient (Wildman–Crippen LogP) is 18.2. The van der Waals surface area contributed by atoms with E-state index in [0.29, 0.717) is 0 Å². The van der Waals surface area contributed by atoms with E-state index in [1.165, 1.54) is 54.7 Å². The Hall–Kier alpha value is -9.38. The molecule has 4 nitrogen and oxygen atoms in total. The number of anilines is 6. The lowest BCUT2D eigenvalue weighted by molar-refractivity contribution is 1.18. The molecule has 0 aliphatic heterocycles. The van der Waals surface area contributed by atoms with Crippen LogP contribution in [0.25, 0.3) is 77.2 Å². The number of aromatic nitrogens is 2. The molecule has 13 aromatic rings. The quantitative estimate of drug-likeness (QED) is 0.136. The molecular weight excluding hydrogens is 849 g/mol. The van der Waals surface area contributed by atoms with E-state index in [1.54, 1.807) is 0 Å². The van der Waals surface area contributed by atoms with Gasteiger partial charge in [-0.2, -0.15) is 0 Å². The maximum Gasteiger partial charge on any atom is 0.0619 e. The first kappa shape index (κ1) is 40.9. The largest absolute Gasteiger partial charge is 0.311 e. The Kier molecular flexibility index (Phi) is 10.1. The number of benzene rings is 11. The van der Waals surface area contributed by atoms with E-state index in [0.717, 1.165) is 56.6 Å². The van der Waals surface area contributed by atoms with Crippen LogP contribution in [0.15, 0.2) is 279 Å². The molecule has 70 heavy (non-hydrogen) atoms. The summed E-state index contributed by atoms with van der Waals surface area (Å²) >= 11 is 0. The highest BCUT2D eigenvalue weighted by molar-refractivity contribution is 6.15. The highest BCUT2D eigenvalue weighted by atomic mass is 15.2. The van der Waals surface area contributed by atoms with Gasteiger partial charge in [-0.15, -0.1) is 0 Å². The summed E-state index contributed by atoms with van der Waals surface area (Å²) in [6, 6.07) is 101. The molecule has 2 aromatic heterocycles. The van der Waals surface area contributed by atoms with Crippen molar-refractivity contribution in [1.29, 1.82) is 0 Å². The van der Waals surface area contributed by atoms with Crippen molar-refractivity contribution in [3.8, 4) is 33.6 Å². The summed E-state index contributed by atoms with van der Waals surface area (Å²) in [5.41, 5.74) is 18.3. The molecule has 330 valence electrons. The minimum Gasteiger partial charge on any atom is -0.311 e. The Labute approximate surface area is 407 Å². The monoisotopic (exact) mass is 894 g/mol. The van der Waals surface area contributed by atoms with Crippen LogP contribution in [0.2, 0.25) is 0 Å². The van der Waals surface area contributed by atoms with Crippen LogP contribution in [-0.2, 0) is 0 Å². The van der Waals surface area contributed by atoms with Crippen LogP contribution in [-0.4, -0.2) is 9.13 Å². The zero-order valence-electron chi connectivity index (χ0n) is 38.3. The molecule has 0 saturated heterocycles. The fraction of sp³-hybridized carbons (Fsp3) is 0. The number of hydrogen-bond donors (Lipinski definition) is 0. The Morgan fingerprint density at radius 1 is 0.214 bits per heavy atom. The summed E-state index contributed by atoms with van der Waals surface area (Å²) in [5, 5.41) is 4.99. The van der Waals surface area contributed by atoms with E-state index >= 15 is 0 Å². The molecule has 0 radical (unpaired) electrons. The smallest absolute Gasteiger partial charge is 0.0619 e. The molecule has 0 aliphatic rings. The Balaban J connectivity index is 0.868. The van der Waals surface area contributed by atoms with Crippen LogP contribution in [0.4, 0.5) is 34.1 Å². The van der Waals surface area contributed by atoms with Gasteiger partial charge in [-0.3, -0.25) is 0 Å². The maximum absolute atomic E-state index is 2.41. The third kappa shape index (κ3) is 7.01. The summed E-state index contributed by atoms with van der Waals surface area (Å²) in [7, 11) is 0. The van der Waals surface area contributed by atoms with E-state index in [4.69, 9.17) is 0 Å². The number of para-hydroxylation sites is 8. The molecule has 0 unspecified atom stereocenters. The number of nitrogens with zero attached hydrogens (tertiary/aromatic N) is 4. The second-order valence-corrected chi connectivity index (χ2v) is 17.7. The van der Waals surface area contributed by atoms with Crippen LogP contribution in [0.5, 0.6) is 0 Å². The lowest BCUT2D eigenvalue weighted by Gasteiger charge is -2.28. The summed E-state index contributed by atoms with van der Waals surface area (Å²) in [6.07, 6.45) is 0. The van der Waals surface area contributed by atoms with Crippen molar-refractivity contribution in [2.75, 3.05) is 9.80 Å². The Morgan fingerprint density at radius 3 is 0.871 bits per heavy atom. The first-order valence-corrected chi connectivity index (χ1v) is 23.9. The molecule has 0 bridgehead atoms. The van der Waals surface area contributed by atoms with Crippen molar-refractivity contribution < 1.29 is 0 Å². The summed E-state index contributed by atoms with van der Waals surface area (Å²) in [5.74, 6) is 0. The first-order valence-electron chi connectivity index (χ1n) is 23.9. The highest BCUT2D eigenvalue weighted by Gasteiger charge is 2.21. The fourth-order valence-corrected chi connectivity index (χ4v) is 10.6. The molecule has 0 saturated carbocycles. The Morgan fingerprint density at radius 2 is 0.500 bits per heavy atom. The maximum atomic E-state index is 2.41. The lowest BCUT2D eigenvalue weighted by atomic mass is 10.0. The van der Waals surface area contributed by atoms with Crippen molar-refractivity contribution in [2.24, 2.45) is 0 Å². The van der Waals surface area contributed by atoms with E-state index in [9.17, 15) is 0 Å². The van der Waals surface area contributed by atoms with E-state index in [2.05, 4.69) is 298 Å². The summed E-state index contributed by atoms with van der Waals surface area (Å²) in [4.78, 5) is 4.68. The van der Waals surface area contributed by atoms with Gasteiger partial charge in [0.2, 0.25) is 0 Å². The highest BCUT2D eigenvalue weighted by Crippen LogP contribution is 2.43. The van der Waals surface area contributed by atoms with Gasteiger partial charge in [-0.1, -0.05) is 170 Å². The third-order valence-corrected chi connectivity index (χ3v) is 13.7. The van der Waals surface area contributed by atoms with Gasteiger partial charge in [0, 0.05) is 78.2 Å². The third-order valence-electron chi connectivity index (χ3n) is 13.7. The first-order chi connectivity index (χ1) is 34.8. The SMILES string of the molecule is c1ccc(N(c2ccc(-c3cccc4c5ccccc5n(-c5ccccc5)c34)cc2)c2ccc(N(c3ccccc3)c3ccc(-c4cccc5c6ccccc6n(-c6ccccc6)c45)cc3)cc2)cc1. The topological polar surface area (TPSA) is 16.3 Å². The molecule has 0 aliphatic carbocycles. The molecule has 0 N–H and O–H groups in total. The molecule has 0 atom stereocenters. The zero-order valence-corrected chi connectivity index (χ0v) is 38.3. The average molecular weight is 895 g/mol. The van der Waals surface area contributed by atoms with Crippen LogP contribution in [0, 0.1) is 0 Å². The normalized spacial score (nSPS) is 11.4. The lowest BCUT2D eigenvalue weighted by Crippen LogP contribution is -2.12. The molecule has 0 spiro atoms. The van der Waals surface area contributed by atoms with Gasteiger partial charge in [0.05, 0.1) is 22.1 Å². The summed E-state index contributed by atoms with van der Waals surface area (Å²) < 4.78 is 4.82. The van der Waals surface area contributed by atoms with Gasteiger partial charge in [-0.05, 0) is 120 Å². The van der Waals surface area contributed by atoms with Crippen LogP contribution in [0.3, 0.4) is 0 Å². The second-order valence-electron chi connectivity index (χ2n) is 17.7. The standard InChI is InChI=1S/C66H46N4/c1-5-19-49(20-6-1)67(53-39-35-47(36-40-53)57-29-17-31-61-59-27-13-15-33-63(59)69(65(57)61)51-23-9-3-10-24-51)55-43-45-56(46-44-55)68(50-21-7-2-8-22-50)54-41-37-48(38-42-54)58-30-18-32-62-60-28-14-16-34-64(60)70(66(58)62)52-25-11-4-12-26-52/h1-46H. The molecule has 2 heterocycles. The van der Waals surface area contributed by atoms with Crippen molar-refractivity contribution in [3.63, 3.8) is 0 Å². The van der Waals surface area contributed by atoms with Crippen molar-refractivity contribution in [1.82, 2.24) is 9.13 Å². The molecule has 0 fully saturated rings. The van der Waals surface area contributed by atoms with Gasteiger partial charge in [0.15, 0.2) is 0 Å². The Bertz CT molecular complexity index is 3690. The van der Waals surface area contributed by atoms with E-state index < -0.39 is 0 Å². The van der Waals surface area contributed by atoms with E-state index in [1.807, 2.05) is 0 Å². The van der Waals surface area contributed by atoms with Gasteiger partial charge < -0.3 is 18.9 Å². The minimum absolute atomic E-state index is 1.07. The number of fused-ring (bicyclic) bond motifs is 6. The van der Waals surface area contributed by atoms with Gasteiger partial charge in [0.25, 0.3) is 0 Å². The molecule has 13 rings (SSSR count). The van der Waals surface area contributed by atoms with Crippen LogP contribution in [0.1, 0.15) is 0 Å². The average Bonchev–Trinajstić information content (AvgIpc) is 3.97. The van der Waals surface area contributed by atoms with Crippen molar-refractivity contribution in [2.45, 2.75) is 0 Å². The fourth-order valence-electron chi connectivity index (χ4n) is 10.6. The number of hydrogen-bond acceptors (Lipinski definition) is 2. The van der Waals surface area contributed by atoms with Gasteiger partial charge in [0.1, 0.15) is 0 Å². The van der Waals surface area contributed by atoms with E-state index in [-0.39, 0.29) is 0 Å². The minimum atomic E-state index is 1.07. The van der Waals surface area contributed by atoms with Crippen molar-refractivity contribution >= 4 is 77.7 Å². The predicted molar refractivity (Wildman–Crippen MR) is 295 cm³/mol. The molecule has 0 amide bonds. The van der Waals surface area contributed by atoms with Crippen LogP contribution < -0.4 is 9.80 Å². The van der Waals surface area contributed by atoms with Gasteiger partial charge >= 0.3 is 0 Å². The van der Waals surface area contributed by atoms with Crippen LogP contribution >= 0.6 is 0 Å². The number of rotatable bonds is 10. The molecule has 4 heteroatoms. The zero-order chi connectivity index (χ0) is 46.4. The van der Waals surface area contributed by atoms with Crippen molar-refractivity contribution in [3.05, 3.63) is 279 Å². The second kappa shape index (κ2) is 17.4. The molecule has 11 aromatic carbocycles. The van der Waals surface area contributed by atoms with Gasteiger partial charge in [-0.25, -0.2) is 0 Å².